The van der Waals surface area contributed by atoms with Crippen LogP contribution in [0.4, 0.5) is 0 Å². The lowest BCUT2D eigenvalue weighted by Crippen LogP contribution is -2.20. The van der Waals surface area contributed by atoms with E-state index in [9.17, 15) is 14.9 Å². The van der Waals surface area contributed by atoms with Crippen LogP contribution >= 0.6 is 11.8 Å². The largest absolute Gasteiger partial charge is 0.460 e. The zero-order chi connectivity index (χ0) is 19.1. The molecular weight excluding hydrogens is 362 g/mol. The van der Waals surface area contributed by atoms with E-state index in [1.165, 1.54) is 6.42 Å². The van der Waals surface area contributed by atoms with E-state index in [2.05, 4.69) is 9.97 Å². The van der Waals surface area contributed by atoms with Crippen LogP contribution in [-0.2, 0) is 16.1 Å². The SMILES string of the molecule is N#Cc1c(C2CCCCC2)nc(SCC(=O)OCc2ccccc2)[nH]c1=O. The Hall–Kier alpha value is -2.59. The molecule has 1 saturated carbocycles. The van der Waals surface area contributed by atoms with Crippen molar-refractivity contribution in [1.29, 1.82) is 5.26 Å². The Morgan fingerprint density at radius 1 is 1.26 bits per heavy atom. The Kier molecular flexibility index (Phi) is 6.66. The number of carbonyl (C=O) groups is 1. The highest BCUT2D eigenvalue weighted by Crippen LogP contribution is 2.33. The molecule has 0 saturated heterocycles. The fourth-order valence-electron chi connectivity index (χ4n) is 3.22. The Bertz CT molecular complexity index is 884. The molecule has 0 aliphatic heterocycles. The first-order valence-corrected chi connectivity index (χ1v) is 10.0. The van der Waals surface area contributed by atoms with Crippen LogP contribution in [0.2, 0.25) is 0 Å². The summed E-state index contributed by atoms with van der Waals surface area (Å²) in [5, 5.41) is 9.68. The number of aromatic amines is 1. The van der Waals surface area contributed by atoms with Crippen LogP contribution in [0.25, 0.3) is 0 Å². The second kappa shape index (κ2) is 9.38. The average Bonchev–Trinajstić information content (AvgIpc) is 2.71. The summed E-state index contributed by atoms with van der Waals surface area (Å²) in [4.78, 5) is 31.3. The van der Waals surface area contributed by atoms with Gasteiger partial charge in [0.2, 0.25) is 0 Å². The minimum absolute atomic E-state index is 0.0474. The lowest BCUT2D eigenvalue weighted by molar-refractivity contribution is -0.141. The second-order valence-corrected chi connectivity index (χ2v) is 7.48. The Morgan fingerprint density at radius 3 is 2.70 bits per heavy atom. The van der Waals surface area contributed by atoms with Crippen molar-refractivity contribution in [2.75, 3.05) is 5.75 Å². The molecule has 1 aliphatic rings. The van der Waals surface area contributed by atoms with E-state index in [0.29, 0.717) is 10.9 Å². The Balaban J connectivity index is 1.64. The number of nitrogens with zero attached hydrogens (tertiary/aromatic N) is 2. The van der Waals surface area contributed by atoms with Gasteiger partial charge in [-0.25, -0.2) is 4.98 Å². The van der Waals surface area contributed by atoms with Gasteiger partial charge in [0, 0.05) is 5.92 Å². The Labute approximate surface area is 162 Å². The molecule has 0 atom stereocenters. The van der Waals surface area contributed by atoms with E-state index in [4.69, 9.17) is 4.74 Å². The molecule has 2 aromatic rings. The van der Waals surface area contributed by atoms with Crippen LogP contribution in [0, 0.1) is 11.3 Å². The maximum absolute atomic E-state index is 12.2. The number of nitriles is 1. The van der Waals surface area contributed by atoms with Crippen LogP contribution in [0.15, 0.2) is 40.3 Å². The molecule has 0 spiro atoms. The molecule has 0 bridgehead atoms. The van der Waals surface area contributed by atoms with Crippen LogP contribution in [0.5, 0.6) is 0 Å². The first-order valence-electron chi connectivity index (χ1n) is 9.04. The number of ether oxygens (including phenoxy) is 1. The summed E-state index contributed by atoms with van der Waals surface area (Å²) < 4.78 is 5.24. The van der Waals surface area contributed by atoms with Crippen molar-refractivity contribution < 1.29 is 9.53 Å². The standard InChI is InChI=1S/C20H21N3O3S/c21-11-16-18(15-9-5-2-6-10-15)22-20(23-19(16)25)27-13-17(24)26-12-14-7-3-1-4-8-14/h1,3-4,7-8,15H,2,5-6,9-10,12-13H2,(H,22,23,25). The highest BCUT2D eigenvalue weighted by Gasteiger charge is 2.23. The van der Waals surface area contributed by atoms with Gasteiger partial charge in [0.25, 0.3) is 5.56 Å². The number of hydrogen-bond acceptors (Lipinski definition) is 6. The first kappa shape index (κ1) is 19.2. The predicted molar refractivity (Wildman–Crippen MR) is 102 cm³/mol. The number of thioether (sulfide) groups is 1. The molecule has 1 fully saturated rings. The number of benzene rings is 1. The molecule has 1 aromatic heterocycles. The average molecular weight is 383 g/mol. The summed E-state index contributed by atoms with van der Waals surface area (Å²) in [5.74, 6) is -0.193. The number of rotatable bonds is 6. The number of hydrogen-bond donors (Lipinski definition) is 1. The van der Waals surface area contributed by atoms with E-state index in [1.807, 2.05) is 36.4 Å². The summed E-state index contributed by atoms with van der Waals surface area (Å²) in [5.41, 5.74) is 1.15. The van der Waals surface area contributed by atoms with Gasteiger partial charge in [-0.15, -0.1) is 0 Å². The number of esters is 1. The minimum atomic E-state index is -0.437. The van der Waals surface area contributed by atoms with Gasteiger partial charge in [0.15, 0.2) is 5.16 Å². The zero-order valence-electron chi connectivity index (χ0n) is 14.9. The smallest absolute Gasteiger partial charge is 0.316 e. The van der Waals surface area contributed by atoms with E-state index >= 15 is 0 Å². The summed E-state index contributed by atoms with van der Waals surface area (Å²) in [7, 11) is 0. The van der Waals surface area contributed by atoms with Gasteiger partial charge in [-0.05, 0) is 18.4 Å². The monoisotopic (exact) mass is 383 g/mol. The zero-order valence-corrected chi connectivity index (χ0v) is 15.8. The minimum Gasteiger partial charge on any atom is -0.460 e. The quantitative estimate of drug-likeness (QED) is 0.466. The summed E-state index contributed by atoms with van der Waals surface area (Å²) in [6, 6.07) is 11.4. The topological polar surface area (TPSA) is 95.8 Å². The van der Waals surface area contributed by atoms with E-state index in [-0.39, 0.29) is 29.8 Å². The molecule has 7 heteroatoms. The molecule has 6 nitrogen and oxygen atoms in total. The Morgan fingerprint density at radius 2 is 2.00 bits per heavy atom. The van der Waals surface area contributed by atoms with Crippen molar-refractivity contribution in [3.05, 3.63) is 57.5 Å². The van der Waals surface area contributed by atoms with Crippen molar-refractivity contribution in [2.45, 2.75) is 49.8 Å². The maximum Gasteiger partial charge on any atom is 0.316 e. The van der Waals surface area contributed by atoms with E-state index in [1.54, 1.807) is 0 Å². The van der Waals surface area contributed by atoms with E-state index < -0.39 is 5.56 Å². The van der Waals surface area contributed by atoms with Crippen molar-refractivity contribution in [2.24, 2.45) is 0 Å². The molecule has 0 radical (unpaired) electrons. The molecule has 140 valence electrons. The third-order valence-electron chi connectivity index (χ3n) is 4.60. The van der Waals surface area contributed by atoms with Gasteiger partial charge in [-0.2, -0.15) is 5.26 Å². The fraction of sp³-hybridized carbons (Fsp3) is 0.400. The van der Waals surface area contributed by atoms with Gasteiger partial charge in [-0.3, -0.25) is 9.59 Å². The normalized spacial score (nSPS) is 14.5. The van der Waals surface area contributed by atoms with Gasteiger partial charge < -0.3 is 9.72 Å². The number of carbonyl (C=O) groups excluding carboxylic acids is 1. The molecule has 0 unspecified atom stereocenters. The third-order valence-corrected chi connectivity index (χ3v) is 5.45. The number of nitrogens with one attached hydrogen (secondary N) is 1. The highest BCUT2D eigenvalue weighted by atomic mass is 32.2. The van der Waals surface area contributed by atoms with Crippen molar-refractivity contribution in [1.82, 2.24) is 9.97 Å². The molecule has 27 heavy (non-hydrogen) atoms. The molecule has 3 rings (SSSR count). The fourth-order valence-corrected chi connectivity index (χ4v) is 3.89. The van der Waals surface area contributed by atoms with Crippen LogP contribution < -0.4 is 5.56 Å². The van der Waals surface area contributed by atoms with Gasteiger partial charge in [0.1, 0.15) is 18.2 Å². The van der Waals surface area contributed by atoms with Gasteiger partial charge >= 0.3 is 5.97 Å². The third kappa shape index (κ3) is 5.20. The second-order valence-electron chi connectivity index (χ2n) is 6.51. The first-order chi connectivity index (χ1) is 13.2. The highest BCUT2D eigenvalue weighted by molar-refractivity contribution is 7.99. The summed E-state index contributed by atoms with van der Waals surface area (Å²) in [6.45, 7) is 0.213. The van der Waals surface area contributed by atoms with Crippen LogP contribution in [-0.4, -0.2) is 21.7 Å². The number of H-pyrrole nitrogens is 1. The molecule has 1 aliphatic carbocycles. The maximum atomic E-state index is 12.2. The lowest BCUT2D eigenvalue weighted by atomic mass is 9.85. The van der Waals surface area contributed by atoms with E-state index in [0.717, 1.165) is 43.0 Å². The molecule has 1 heterocycles. The lowest BCUT2D eigenvalue weighted by Gasteiger charge is -2.21. The molecule has 1 N–H and O–H groups in total. The van der Waals surface area contributed by atoms with Crippen molar-refractivity contribution >= 4 is 17.7 Å². The van der Waals surface area contributed by atoms with Gasteiger partial charge in [0.05, 0.1) is 11.4 Å². The van der Waals surface area contributed by atoms with Crippen molar-refractivity contribution in [3.63, 3.8) is 0 Å². The summed E-state index contributed by atoms with van der Waals surface area (Å²) >= 11 is 1.12. The molecular formula is C20H21N3O3S. The van der Waals surface area contributed by atoms with Crippen LogP contribution in [0.3, 0.4) is 0 Å². The van der Waals surface area contributed by atoms with Crippen molar-refractivity contribution in [3.8, 4) is 6.07 Å². The van der Waals surface area contributed by atoms with Gasteiger partial charge in [-0.1, -0.05) is 61.4 Å². The summed E-state index contributed by atoms with van der Waals surface area (Å²) in [6.07, 6.45) is 5.22. The molecule has 1 aromatic carbocycles. The van der Waals surface area contributed by atoms with Crippen LogP contribution in [0.1, 0.15) is 54.8 Å². The number of aromatic nitrogens is 2. The molecule has 0 amide bonds. The predicted octanol–water partition coefficient (Wildman–Crippen LogP) is 3.52.